The zero-order valence-corrected chi connectivity index (χ0v) is 15.9. The van der Waals surface area contributed by atoms with Crippen LogP contribution in [0.5, 0.6) is 17.2 Å². The molecule has 7 heteroatoms. The van der Waals surface area contributed by atoms with Crippen molar-refractivity contribution in [2.45, 2.75) is 18.9 Å². The molecule has 0 bridgehead atoms. The molecule has 2 aromatic rings. The lowest BCUT2D eigenvalue weighted by Crippen LogP contribution is -2.37. The number of hydrogen-bond acceptors (Lipinski definition) is 5. The highest BCUT2D eigenvalue weighted by Crippen LogP contribution is 2.36. The van der Waals surface area contributed by atoms with Crippen molar-refractivity contribution in [1.29, 1.82) is 0 Å². The van der Waals surface area contributed by atoms with Gasteiger partial charge in [0.05, 0.1) is 18.6 Å². The van der Waals surface area contributed by atoms with Crippen LogP contribution in [0.15, 0.2) is 42.5 Å². The van der Waals surface area contributed by atoms with Crippen LogP contribution in [0.4, 0.5) is 5.69 Å². The quantitative estimate of drug-likeness (QED) is 0.865. The minimum Gasteiger partial charge on any atom is -0.493 e. The van der Waals surface area contributed by atoms with Crippen LogP contribution in [0.1, 0.15) is 24.4 Å². The van der Waals surface area contributed by atoms with Crippen molar-refractivity contribution >= 4 is 17.5 Å². The van der Waals surface area contributed by atoms with E-state index in [2.05, 4.69) is 5.32 Å². The van der Waals surface area contributed by atoms with Crippen molar-refractivity contribution in [1.82, 2.24) is 5.32 Å². The van der Waals surface area contributed by atoms with Gasteiger partial charge in [0.1, 0.15) is 19.0 Å². The van der Waals surface area contributed by atoms with Gasteiger partial charge in [-0.1, -0.05) is 18.2 Å². The molecular formula is C22H22N2O5. The SMILES string of the molecule is O=C(NC1CCOc2ccccc21)C1CC(=O)N(c2ccc3c(c2)OCCO3)C1. The highest BCUT2D eigenvalue weighted by Gasteiger charge is 2.37. The Morgan fingerprint density at radius 1 is 0.966 bits per heavy atom. The number of ether oxygens (including phenoxy) is 3. The third-order valence-corrected chi connectivity index (χ3v) is 5.61. The summed E-state index contributed by atoms with van der Waals surface area (Å²) in [6, 6.07) is 13.1. The summed E-state index contributed by atoms with van der Waals surface area (Å²) in [6.45, 7) is 1.93. The first-order valence-electron chi connectivity index (χ1n) is 9.91. The number of hydrogen-bond donors (Lipinski definition) is 1. The van der Waals surface area contributed by atoms with E-state index in [1.54, 1.807) is 11.0 Å². The molecule has 1 fully saturated rings. The van der Waals surface area contributed by atoms with Gasteiger partial charge in [-0.25, -0.2) is 0 Å². The molecule has 3 heterocycles. The number of amides is 2. The molecule has 0 radical (unpaired) electrons. The van der Waals surface area contributed by atoms with E-state index < -0.39 is 0 Å². The summed E-state index contributed by atoms with van der Waals surface area (Å²) >= 11 is 0. The van der Waals surface area contributed by atoms with E-state index in [9.17, 15) is 9.59 Å². The molecule has 1 N–H and O–H groups in total. The van der Waals surface area contributed by atoms with Gasteiger partial charge in [-0.05, 0) is 18.2 Å². The summed E-state index contributed by atoms with van der Waals surface area (Å²) < 4.78 is 16.8. The van der Waals surface area contributed by atoms with Crippen LogP contribution in [0.25, 0.3) is 0 Å². The smallest absolute Gasteiger partial charge is 0.227 e. The molecule has 2 amide bonds. The largest absolute Gasteiger partial charge is 0.493 e. The van der Waals surface area contributed by atoms with Crippen molar-refractivity contribution in [3.8, 4) is 17.2 Å². The van der Waals surface area contributed by atoms with Gasteiger partial charge in [0, 0.05) is 36.7 Å². The third kappa shape index (κ3) is 3.37. The molecule has 1 saturated heterocycles. The van der Waals surface area contributed by atoms with E-state index in [1.807, 2.05) is 36.4 Å². The van der Waals surface area contributed by atoms with E-state index in [0.717, 1.165) is 23.4 Å². The van der Waals surface area contributed by atoms with E-state index in [0.29, 0.717) is 37.9 Å². The van der Waals surface area contributed by atoms with Gasteiger partial charge in [-0.3, -0.25) is 9.59 Å². The van der Waals surface area contributed by atoms with Crippen LogP contribution in [0.2, 0.25) is 0 Å². The fraction of sp³-hybridized carbons (Fsp3) is 0.364. The molecule has 29 heavy (non-hydrogen) atoms. The van der Waals surface area contributed by atoms with Gasteiger partial charge in [0.15, 0.2) is 11.5 Å². The number of fused-ring (bicyclic) bond motifs is 2. The predicted molar refractivity (Wildman–Crippen MR) is 105 cm³/mol. The van der Waals surface area contributed by atoms with Crippen molar-refractivity contribution < 1.29 is 23.8 Å². The minimum atomic E-state index is -0.384. The third-order valence-electron chi connectivity index (χ3n) is 5.61. The van der Waals surface area contributed by atoms with Crippen LogP contribution < -0.4 is 24.4 Å². The van der Waals surface area contributed by atoms with Crippen LogP contribution in [-0.2, 0) is 9.59 Å². The Kier molecular flexibility index (Phi) is 4.50. The lowest BCUT2D eigenvalue weighted by atomic mass is 9.99. The molecule has 2 atom stereocenters. The van der Waals surface area contributed by atoms with Gasteiger partial charge >= 0.3 is 0 Å². The van der Waals surface area contributed by atoms with Crippen LogP contribution in [0.3, 0.4) is 0 Å². The van der Waals surface area contributed by atoms with Gasteiger partial charge in [0.25, 0.3) is 0 Å². The second-order valence-electron chi connectivity index (χ2n) is 7.47. The Hall–Kier alpha value is -3.22. The van der Waals surface area contributed by atoms with Crippen LogP contribution in [-0.4, -0.2) is 38.2 Å². The maximum Gasteiger partial charge on any atom is 0.227 e. The number of carbonyl (C=O) groups excluding carboxylic acids is 2. The van der Waals surface area contributed by atoms with E-state index in [-0.39, 0.29) is 30.2 Å². The van der Waals surface area contributed by atoms with Gasteiger partial charge in [-0.2, -0.15) is 0 Å². The molecular weight excluding hydrogens is 372 g/mol. The van der Waals surface area contributed by atoms with Crippen molar-refractivity contribution in [3.05, 3.63) is 48.0 Å². The molecule has 0 saturated carbocycles. The number of nitrogens with zero attached hydrogens (tertiary/aromatic N) is 1. The molecule has 3 aliphatic rings. The summed E-state index contributed by atoms with van der Waals surface area (Å²) in [5.74, 6) is 1.58. The van der Waals surface area contributed by atoms with E-state index >= 15 is 0 Å². The number of carbonyl (C=O) groups is 2. The van der Waals surface area contributed by atoms with E-state index in [1.165, 1.54) is 0 Å². The molecule has 5 rings (SSSR count). The summed E-state index contributed by atoms with van der Waals surface area (Å²) in [4.78, 5) is 27.2. The molecule has 2 aromatic carbocycles. The average molecular weight is 394 g/mol. The Morgan fingerprint density at radius 2 is 1.76 bits per heavy atom. The normalized spacial score (nSPS) is 22.6. The maximum atomic E-state index is 12.9. The highest BCUT2D eigenvalue weighted by atomic mass is 16.6. The Bertz CT molecular complexity index is 960. The summed E-state index contributed by atoms with van der Waals surface area (Å²) in [7, 11) is 0. The number of anilines is 1. The Morgan fingerprint density at radius 3 is 2.66 bits per heavy atom. The lowest BCUT2D eigenvalue weighted by molar-refractivity contribution is -0.127. The molecule has 0 aliphatic carbocycles. The summed E-state index contributed by atoms with van der Waals surface area (Å²) in [6.07, 6.45) is 0.917. The maximum absolute atomic E-state index is 12.9. The Labute approximate surface area is 168 Å². The fourth-order valence-corrected chi connectivity index (χ4v) is 4.11. The second kappa shape index (κ2) is 7.31. The van der Waals surface area contributed by atoms with E-state index in [4.69, 9.17) is 14.2 Å². The van der Waals surface area contributed by atoms with Crippen molar-refractivity contribution in [2.24, 2.45) is 5.92 Å². The lowest BCUT2D eigenvalue weighted by Gasteiger charge is -2.27. The number of para-hydroxylation sites is 1. The van der Waals surface area contributed by atoms with Crippen LogP contribution in [0, 0.1) is 5.92 Å². The number of nitrogens with one attached hydrogen (secondary N) is 1. The summed E-state index contributed by atoms with van der Waals surface area (Å²) in [5.41, 5.74) is 1.71. The van der Waals surface area contributed by atoms with Crippen molar-refractivity contribution in [2.75, 3.05) is 31.3 Å². The second-order valence-corrected chi connectivity index (χ2v) is 7.47. The summed E-state index contributed by atoms with van der Waals surface area (Å²) in [5, 5.41) is 3.12. The monoisotopic (exact) mass is 394 g/mol. The predicted octanol–water partition coefficient (Wildman–Crippen LogP) is 2.45. The first-order chi connectivity index (χ1) is 14.2. The molecule has 150 valence electrons. The minimum absolute atomic E-state index is 0.0609. The molecule has 2 unspecified atom stereocenters. The standard InChI is InChI=1S/C22H22N2O5/c25-21-11-14(13-24(21)15-5-6-19-20(12-15)29-10-9-28-19)22(26)23-17-7-8-27-18-4-2-1-3-16(17)18/h1-6,12,14,17H,7-11,13H2,(H,23,26). The highest BCUT2D eigenvalue weighted by molar-refractivity contribution is 6.00. The molecule has 3 aliphatic heterocycles. The zero-order chi connectivity index (χ0) is 19.8. The molecule has 0 aromatic heterocycles. The average Bonchev–Trinajstić information content (AvgIpc) is 3.15. The molecule has 7 nitrogen and oxygen atoms in total. The van der Waals surface area contributed by atoms with Crippen molar-refractivity contribution in [3.63, 3.8) is 0 Å². The molecule has 0 spiro atoms. The number of benzene rings is 2. The fourth-order valence-electron chi connectivity index (χ4n) is 4.11. The van der Waals surface area contributed by atoms with Crippen LogP contribution >= 0.6 is 0 Å². The number of rotatable bonds is 3. The first kappa shape index (κ1) is 17.8. The van der Waals surface area contributed by atoms with Gasteiger partial charge in [-0.15, -0.1) is 0 Å². The van der Waals surface area contributed by atoms with Gasteiger partial charge < -0.3 is 24.4 Å². The zero-order valence-electron chi connectivity index (χ0n) is 15.9. The first-order valence-corrected chi connectivity index (χ1v) is 9.91. The van der Waals surface area contributed by atoms with Gasteiger partial charge in [0.2, 0.25) is 11.8 Å². The topological polar surface area (TPSA) is 77.1 Å². The Balaban J connectivity index is 1.29.